The van der Waals surface area contributed by atoms with Crippen LogP contribution in [0.2, 0.25) is 0 Å². The first-order valence-electron chi connectivity index (χ1n) is 5.06. The molecule has 2 rings (SSSR count). The molecule has 1 N–H and O–H groups in total. The molecule has 0 radical (unpaired) electrons. The number of halogens is 2. The number of hydrogen-bond donors (Lipinski definition) is 1. The van der Waals surface area contributed by atoms with Crippen molar-refractivity contribution in [1.82, 2.24) is 4.98 Å². The molecule has 1 aromatic heterocycles. The third kappa shape index (κ3) is 2.53. The van der Waals surface area contributed by atoms with Crippen molar-refractivity contribution in [3.05, 3.63) is 40.9 Å². The molecule has 0 aliphatic carbocycles. The number of hydrogen-bond acceptors (Lipinski definition) is 3. The molecule has 0 unspecified atom stereocenters. The SMILES string of the molecule is CC(F)(F)c1cccc(-c2ncc(C(=O)O)s2)c1. The van der Waals surface area contributed by atoms with Crippen LogP contribution in [0, 0.1) is 0 Å². The minimum Gasteiger partial charge on any atom is -0.477 e. The minimum absolute atomic E-state index is 0.0821. The molecule has 0 atom stereocenters. The molecule has 18 heavy (non-hydrogen) atoms. The van der Waals surface area contributed by atoms with E-state index in [-0.39, 0.29) is 10.4 Å². The molecule has 0 aliphatic rings. The maximum absolute atomic E-state index is 13.2. The van der Waals surface area contributed by atoms with Gasteiger partial charge in [-0.2, -0.15) is 0 Å². The lowest BCUT2D eigenvalue weighted by Gasteiger charge is -2.10. The Morgan fingerprint density at radius 2 is 2.17 bits per heavy atom. The Morgan fingerprint density at radius 1 is 1.44 bits per heavy atom. The molecule has 2 aromatic rings. The van der Waals surface area contributed by atoms with Crippen molar-refractivity contribution in [2.24, 2.45) is 0 Å². The number of rotatable bonds is 3. The Labute approximate surface area is 106 Å². The van der Waals surface area contributed by atoms with Crippen LogP contribution in [0.5, 0.6) is 0 Å². The van der Waals surface area contributed by atoms with E-state index in [1.807, 2.05) is 0 Å². The number of carboxylic acids is 1. The van der Waals surface area contributed by atoms with Gasteiger partial charge in [-0.05, 0) is 6.07 Å². The number of aromatic carboxylic acids is 1. The fourth-order valence-electron chi connectivity index (χ4n) is 1.43. The van der Waals surface area contributed by atoms with Crippen LogP contribution in [-0.4, -0.2) is 16.1 Å². The summed E-state index contributed by atoms with van der Waals surface area (Å²) in [5, 5.41) is 9.19. The Morgan fingerprint density at radius 3 is 2.72 bits per heavy atom. The molecule has 1 aromatic carbocycles. The third-order valence-electron chi connectivity index (χ3n) is 2.33. The van der Waals surface area contributed by atoms with Gasteiger partial charge in [0.05, 0.1) is 6.20 Å². The van der Waals surface area contributed by atoms with Crippen LogP contribution in [0.15, 0.2) is 30.5 Å². The summed E-state index contributed by atoms with van der Waals surface area (Å²) in [6, 6.07) is 5.78. The standard InChI is InChI=1S/C12H9F2NO2S/c1-12(13,14)8-4-2-3-7(5-8)10-15-6-9(18-10)11(16)17/h2-6H,1H3,(H,16,17). The van der Waals surface area contributed by atoms with Gasteiger partial charge in [-0.3, -0.25) is 0 Å². The number of carbonyl (C=O) groups is 1. The fraction of sp³-hybridized carbons (Fsp3) is 0.167. The maximum Gasteiger partial charge on any atom is 0.347 e. The molecular weight excluding hydrogens is 260 g/mol. The second-order valence-electron chi connectivity index (χ2n) is 3.80. The average Bonchev–Trinajstić information content (AvgIpc) is 2.77. The molecule has 0 saturated carbocycles. The quantitative estimate of drug-likeness (QED) is 0.925. The average molecular weight is 269 g/mol. The van der Waals surface area contributed by atoms with Crippen molar-refractivity contribution >= 4 is 17.3 Å². The molecule has 94 valence electrons. The lowest BCUT2D eigenvalue weighted by molar-refractivity contribution is 0.0175. The number of aromatic nitrogens is 1. The van der Waals surface area contributed by atoms with E-state index in [0.717, 1.165) is 18.3 Å². The van der Waals surface area contributed by atoms with Crippen LogP contribution < -0.4 is 0 Å². The van der Waals surface area contributed by atoms with E-state index < -0.39 is 11.9 Å². The van der Waals surface area contributed by atoms with E-state index in [9.17, 15) is 13.6 Å². The lowest BCUT2D eigenvalue weighted by atomic mass is 10.1. The number of benzene rings is 1. The van der Waals surface area contributed by atoms with Crippen molar-refractivity contribution in [2.45, 2.75) is 12.8 Å². The Balaban J connectivity index is 2.41. The van der Waals surface area contributed by atoms with Crippen LogP contribution in [-0.2, 0) is 5.92 Å². The highest BCUT2D eigenvalue weighted by atomic mass is 32.1. The second-order valence-corrected chi connectivity index (χ2v) is 4.83. The summed E-state index contributed by atoms with van der Waals surface area (Å²) in [7, 11) is 0. The first-order valence-corrected chi connectivity index (χ1v) is 5.87. The van der Waals surface area contributed by atoms with E-state index in [4.69, 9.17) is 5.11 Å². The smallest absolute Gasteiger partial charge is 0.347 e. The summed E-state index contributed by atoms with van der Waals surface area (Å²) in [5.41, 5.74) is 0.374. The molecule has 0 bridgehead atoms. The first kappa shape index (κ1) is 12.6. The zero-order valence-corrected chi connectivity index (χ0v) is 10.2. The van der Waals surface area contributed by atoms with E-state index in [2.05, 4.69) is 4.98 Å². The van der Waals surface area contributed by atoms with Crippen LogP contribution in [0.25, 0.3) is 10.6 Å². The van der Waals surface area contributed by atoms with Gasteiger partial charge in [0.1, 0.15) is 9.88 Å². The van der Waals surface area contributed by atoms with Crippen molar-refractivity contribution in [3.8, 4) is 10.6 Å². The molecule has 0 spiro atoms. The lowest BCUT2D eigenvalue weighted by Crippen LogP contribution is -2.06. The van der Waals surface area contributed by atoms with E-state index in [1.165, 1.54) is 24.4 Å². The van der Waals surface area contributed by atoms with Gasteiger partial charge < -0.3 is 5.11 Å². The van der Waals surface area contributed by atoms with Gasteiger partial charge in [0, 0.05) is 18.1 Å². The van der Waals surface area contributed by atoms with Gasteiger partial charge in [-0.25, -0.2) is 18.6 Å². The van der Waals surface area contributed by atoms with E-state index in [1.54, 1.807) is 6.07 Å². The maximum atomic E-state index is 13.2. The van der Waals surface area contributed by atoms with Crippen molar-refractivity contribution in [3.63, 3.8) is 0 Å². The minimum atomic E-state index is -2.93. The molecule has 0 amide bonds. The number of nitrogens with zero attached hydrogens (tertiary/aromatic N) is 1. The summed E-state index contributed by atoms with van der Waals surface area (Å²) >= 11 is 0.958. The van der Waals surface area contributed by atoms with Crippen LogP contribution in [0.4, 0.5) is 8.78 Å². The molecule has 3 nitrogen and oxygen atoms in total. The number of carboxylic acid groups (broad SMARTS) is 1. The largest absolute Gasteiger partial charge is 0.477 e. The van der Waals surface area contributed by atoms with E-state index in [0.29, 0.717) is 10.6 Å². The van der Waals surface area contributed by atoms with Gasteiger partial charge in [0.25, 0.3) is 5.92 Å². The molecule has 0 fully saturated rings. The van der Waals surface area contributed by atoms with Gasteiger partial charge in [0.2, 0.25) is 0 Å². The topological polar surface area (TPSA) is 50.2 Å². The summed E-state index contributed by atoms with van der Waals surface area (Å²) in [5.74, 6) is -4.00. The van der Waals surface area contributed by atoms with Gasteiger partial charge in [-0.1, -0.05) is 18.2 Å². The van der Waals surface area contributed by atoms with Crippen molar-refractivity contribution < 1.29 is 18.7 Å². The normalized spacial score (nSPS) is 11.5. The molecule has 1 heterocycles. The van der Waals surface area contributed by atoms with E-state index >= 15 is 0 Å². The predicted molar refractivity (Wildman–Crippen MR) is 64.1 cm³/mol. The Hall–Kier alpha value is -1.82. The third-order valence-corrected chi connectivity index (χ3v) is 3.37. The predicted octanol–water partition coefficient (Wildman–Crippen LogP) is 3.62. The molecule has 6 heteroatoms. The van der Waals surface area contributed by atoms with Crippen LogP contribution in [0.1, 0.15) is 22.2 Å². The number of thiazole rings is 1. The molecule has 0 saturated heterocycles. The van der Waals surface area contributed by atoms with Crippen LogP contribution >= 0.6 is 11.3 Å². The first-order chi connectivity index (χ1) is 8.38. The zero-order valence-electron chi connectivity index (χ0n) is 9.35. The fourth-order valence-corrected chi connectivity index (χ4v) is 2.18. The highest BCUT2D eigenvalue weighted by Gasteiger charge is 2.24. The van der Waals surface area contributed by atoms with Gasteiger partial charge >= 0.3 is 5.97 Å². The summed E-state index contributed by atoms with van der Waals surface area (Å²) in [6.07, 6.45) is 1.22. The van der Waals surface area contributed by atoms with Crippen molar-refractivity contribution in [2.75, 3.05) is 0 Å². The zero-order chi connectivity index (χ0) is 13.3. The Kier molecular flexibility index (Phi) is 3.13. The van der Waals surface area contributed by atoms with Crippen LogP contribution in [0.3, 0.4) is 0 Å². The van der Waals surface area contributed by atoms with Gasteiger partial charge in [-0.15, -0.1) is 11.3 Å². The van der Waals surface area contributed by atoms with Crippen molar-refractivity contribution in [1.29, 1.82) is 0 Å². The Bertz CT molecular complexity index is 590. The molecule has 0 aliphatic heterocycles. The monoisotopic (exact) mass is 269 g/mol. The highest BCUT2D eigenvalue weighted by molar-refractivity contribution is 7.16. The number of alkyl halides is 2. The summed E-state index contributed by atoms with van der Waals surface area (Å²) in [6.45, 7) is 0.816. The van der Waals surface area contributed by atoms with Gasteiger partial charge in [0.15, 0.2) is 0 Å². The highest BCUT2D eigenvalue weighted by Crippen LogP contribution is 2.31. The molecular formula is C12H9F2NO2S. The summed E-state index contributed by atoms with van der Waals surface area (Å²) < 4.78 is 26.3. The second kappa shape index (κ2) is 4.45. The summed E-state index contributed by atoms with van der Waals surface area (Å²) in [4.78, 5) is 14.7.